The topological polar surface area (TPSA) is 63.5 Å². The smallest absolute Gasteiger partial charge is 0.281 e. The summed E-state index contributed by atoms with van der Waals surface area (Å²) in [6.45, 7) is 1.56. The van der Waals surface area contributed by atoms with Gasteiger partial charge in [0.25, 0.3) is 11.5 Å². The summed E-state index contributed by atoms with van der Waals surface area (Å²) in [6.07, 6.45) is 1.39. The Morgan fingerprint density at radius 1 is 1.25 bits per heavy atom. The summed E-state index contributed by atoms with van der Waals surface area (Å²) in [5.41, 5.74) is -0.263. The minimum atomic E-state index is -0.831. The van der Waals surface area contributed by atoms with E-state index in [1.807, 2.05) is 0 Å². The van der Waals surface area contributed by atoms with Crippen LogP contribution in [0.3, 0.4) is 0 Å². The lowest BCUT2D eigenvalue weighted by molar-refractivity contribution is 0.102. The maximum absolute atomic E-state index is 13.8. The summed E-state index contributed by atoms with van der Waals surface area (Å²) in [6, 6.07) is 7.06. The number of nitrogens with one attached hydrogen (secondary N) is 1. The zero-order valence-corrected chi connectivity index (χ0v) is 13.8. The van der Waals surface area contributed by atoms with Crippen LogP contribution in [0.1, 0.15) is 16.1 Å². The van der Waals surface area contributed by atoms with Crippen LogP contribution in [0.2, 0.25) is 10.0 Å². The van der Waals surface area contributed by atoms with E-state index in [1.165, 1.54) is 22.7 Å². The van der Waals surface area contributed by atoms with E-state index in [1.54, 1.807) is 19.1 Å². The second-order valence-corrected chi connectivity index (χ2v) is 5.85. The first-order valence-corrected chi connectivity index (χ1v) is 7.58. The molecule has 0 aliphatic heterocycles. The Kier molecular flexibility index (Phi) is 4.26. The number of fused-ring (bicyclic) bond motifs is 1. The van der Waals surface area contributed by atoms with Crippen molar-refractivity contribution in [2.75, 3.05) is 5.32 Å². The molecule has 24 heavy (non-hydrogen) atoms. The fourth-order valence-corrected chi connectivity index (χ4v) is 2.67. The van der Waals surface area contributed by atoms with Gasteiger partial charge in [-0.05, 0) is 31.2 Å². The molecule has 8 heteroatoms. The second kappa shape index (κ2) is 6.22. The van der Waals surface area contributed by atoms with Crippen molar-refractivity contribution in [3.8, 4) is 0 Å². The molecule has 5 nitrogen and oxygen atoms in total. The molecule has 0 aliphatic carbocycles. The van der Waals surface area contributed by atoms with Crippen LogP contribution in [0.25, 0.3) is 5.65 Å². The van der Waals surface area contributed by atoms with Crippen molar-refractivity contribution < 1.29 is 9.18 Å². The highest BCUT2D eigenvalue weighted by Gasteiger charge is 2.19. The molecule has 0 unspecified atom stereocenters. The van der Waals surface area contributed by atoms with Gasteiger partial charge in [0.05, 0.1) is 21.3 Å². The molecule has 122 valence electrons. The molecule has 0 atom stereocenters. The Bertz CT molecular complexity index is 1010. The summed E-state index contributed by atoms with van der Waals surface area (Å²) in [4.78, 5) is 29.1. The molecule has 0 spiro atoms. The number of amides is 1. The van der Waals surface area contributed by atoms with Crippen LogP contribution in [-0.2, 0) is 0 Å². The molecule has 0 saturated carbocycles. The number of aryl methyl sites for hydroxylation is 1. The van der Waals surface area contributed by atoms with Gasteiger partial charge in [-0.3, -0.25) is 14.0 Å². The zero-order valence-electron chi connectivity index (χ0n) is 12.3. The van der Waals surface area contributed by atoms with E-state index in [2.05, 4.69) is 10.3 Å². The number of rotatable bonds is 2. The van der Waals surface area contributed by atoms with Gasteiger partial charge in [-0.1, -0.05) is 29.3 Å². The van der Waals surface area contributed by atoms with Crippen molar-refractivity contribution >= 4 is 40.4 Å². The number of benzene rings is 1. The Morgan fingerprint density at radius 2 is 2.00 bits per heavy atom. The number of carbonyl (C=O) groups excluding carboxylic acids is 1. The van der Waals surface area contributed by atoms with Gasteiger partial charge in [0.15, 0.2) is 0 Å². The SMILES string of the molecule is Cc1nc2ccc(Cl)cn2c(=O)c1NC(=O)c1c(F)cccc1Cl. The van der Waals surface area contributed by atoms with Crippen molar-refractivity contribution in [1.29, 1.82) is 0 Å². The van der Waals surface area contributed by atoms with Crippen LogP contribution >= 0.6 is 23.2 Å². The molecule has 2 heterocycles. The molecule has 1 N–H and O–H groups in total. The Balaban J connectivity index is 2.10. The number of hydrogen-bond donors (Lipinski definition) is 1. The number of nitrogens with zero attached hydrogens (tertiary/aromatic N) is 2. The summed E-state index contributed by atoms with van der Waals surface area (Å²) in [5.74, 6) is -1.61. The molecule has 3 rings (SSSR count). The first-order chi connectivity index (χ1) is 11.4. The maximum Gasteiger partial charge on any atom is 0.281 e. The summed E-state index contributed by atoms with van der Waals surface area (Å²) >= 11 is 11.8. The number of anilines is 1. The standard InChI is InChI=1S/C16H10Cl2FN3O2/c1-8-14(16(24)22-7-9(17)5-6-12(22)20-8)21-15(23)13-10(18)3-2-4-11(13)19/h2-7H,1H3,(H,21,23). The average Bonchev–Trinajstić information content (AvgIpc) is 2.52. The van der Waals surface area contributed by atoms with E-state index in [0.717, 1.165) is 6.07 Å². The average molecular weight is 366 g/mol. The van der Waals surface area contributed by atoms with E-state index in [9.17, 15) is 14.0 Å². The van der Waals surface area contributed by atoms with Crippen LogP contribution in [0.4, 0.5) is 10.1 Å². The molecule has 0 bridgehead atoms. The van der Waals surface area contributed by atoms with Crippen molar-refractivity contribution in [2.45, 2.75) is 6.92 Å². The molecule has 1 amide bonds. The molecule has 0 fully saturated rings. The van der Waals surface area contributed by atoms with E-state index >= 15 is 0 Å². The molecule has 0 radical (unpaired) electrons. The van der Waals surface area contributed by atoms with Crippen molar-refractivity contribution in [3.63, 3.8) is 0 Å². The fourth-order valence-electron chi connectivity index (χ4n) is 2.26. The quantitative estimate of drug-likeness (QED) is 0.752. The van der Waals surface area contributed by atoms with Gasteiger partial charge in [-0.2, -0.15) is 0 Å². The largest absolute Gasteiger partial charge is 0.316 e. The zero-order chi connectivity index (χ0) is 17.4. The first-order valence-electron chi connectivity index (χ1n) is 6.82. The van der Waals surface area contributed by atoms with Gasteiger partial charge < -0.3 is 5.32 Å². The summed E-state index contributed by atoms with van der Waals surface area (Å²) < 4.78 is 15.1. The number of hydrogen-bond acceptors (Lipinski definition) is 3. The highest BCUT2D eigenvalue weighted by atomic mass is 35.5. The van der Waals surface area contributed by atoms with Crippen LogP contribution in [-0.4, -0.2) is 15.3 Å². The molecule has 0 aliphatic rings. The van der Waals surface area contributed by atoms with Gasteiger partial charge in [0.2, 0.25) is 0 Å². The predicted molar refractivity (Wildman–Crippen MR) is 90.6 cm³/mol. The van der Waals surface area contributed by atoms with Crippen LogP contribution < -0.4 is 10.9 Å². The summed E-state index contributed by atoms with van der Waals surface area (Å²) in [7, 11) is 0. The minimum Gasteiger partial charge on any atom is -0.316 e. The van der Waals surface area contributed by atoms with Crippen molar-refractivity contribution in [2.24, 2.45) is 0 Å². The highest BCUT2D eigenvalue weighted by molar-refractivity contribution is 6.34. The third-order valence-corrected chi connectivity index (χ3v) is 3.93. The van der Waals surface area contributed by atoms with Gasteiger partial charge in [-0.25, -0.2) is 9.37 Å². The molecule has 2 aromatic heterocycles. The fraction of sp³-hybridized carbons (Fsp3) is 0.0625. The molecular formula is C16H10Cl2FN3O2. The maximum atomic E-state index is 13.8. The Labute approximate surface area is 145 Å². The molecular weight excluding hydrogens is 356 g/mol. The minimum absolute atomic E-state index is 0.0537. The van der Waals surface area contributed by atoms with E-state index in [4.69, 9.17) is 23.2 Å². The molecule has 1 aromatic carbocycles. The second-order valence-electron chi connectivity index (χ2n) is 5.00. The van der Waals surface area contributed by atoms with E-state index < -0.39 is 17.3 Å². The normalized spacial score (nSPS) is 10.8. The predicted octanol–water partition coefficient (Wildman–Crippen LogP) is 3.70. The lowest BCUT2D eigenvalue weighted by Crippen LogP contribution is -2.25. The Hall–Kier alpha value is -2.44. The molecule has 3 aromatic rings. The van der Waals surface area contributed by atoms with Crippen LogP contribution in [0.15, 0.2) is 41.3 Å². The molecule has 0 saturated heterocycles. The van der Waals surface area contributed by atoms with Crippen molar-refractivity contribution in [3.05, 3.63) is 74.0 Å². The number of halogens is 3. The van der Waals surface area contributed by atoms with Crippen LogP contribution in [0.5, 0.6) is 0 Å². The lowest BCUT2D eigenvalue weighted by Gasteiger charge is -2.11. The number of pyridine rings is 1. The third-order valence-electron chi connectivity index (χ3n) is 3.40. The summed E-state index contributed by atoms with van der Waals surface area (Å²) in [5, 5.41) is 2.67. The number of aromatic nitrogens is 2. The monoisotopic (exact) mass is 365 g/mol. The highest BCUT2D eigenvalue weighted by Crippen LogP contribution is 2.20. The first kappa shape index (κ1) is 16.4. The van der Waals surface area contributed by atoms with Gasteiger partial charge >= 0.3 is 0 Å². The van der Waals surface area contributed by atoms with Gasteiger partial charge in [0, 0.05) is 6.20 Å². The Morgan fingerprint density at radius 3 is 2.71 bits per heavy atom. The van der Waals surface area contributed by atoms with E-state index in [-0.39, 0.29) is 16.3 Å². The third kappa shape index (κ3) is 2.86. The van der Waals surface area contributed by atoms with Gasteiger partial charge in [-0.15, -0.1) is 0 Å². The lowest BCUT2D eigenvalue weighted by atomic mass is 10.2. The number of carbonyl (C=O) groups is 1. The van der Waals surface area contributed by atoms with Crippen LogP contribution in [0, 0.1) is 12.7 Å². The van der Waals surface area contributed by atoms with Gasteiger partial charge in [0.1, 0.15) is 17.2 Å². The van der Waals surface area contributed by atoms with E-state index in [0.29, 0.717) is 16.4 Å². The van der Waals surface area contributed by atoms with Crippen molar-refractivity contribution in [1.82, 2.24) is 9.38 Å².